The second-order valence-electron chi connectivity index (χ2n) is 10.3. The van der Waals surface area contributed by atoms with Crippen molar-refractivity contribution in [3.8, 4) is 0 Å². The van der Waals surface area contributed by atoms with Crippen LogP contribution in [0.2, 0.25) is 25.7 Å². The van der Waals surface area contributed by atoms with E-state index in [0.717, 1.165) is 52.5 Å². The van der Waals surface area contributed by atoms with Crippen molar-refractivity contribution in [2.45, 2.75) is 59.2 Å². The van der Waals surface area contributed by atoms with Crippen molar-refractivity contribution in [2.75, 3.05) is 26.8 Å². The number of hydrogen-bond donors (Lipinski definition) is 0. The molecule has 0 saturated carbocycles. The number of methoxy groups -OCH3 is 1. The lowest BCUT2D eigenvalue weighted by Gasteiger charge is -2.35. The summed E-state index contributed by atoms with van der Waals surface area (Å²) in [6.07, 6.45) is 3.35. The molecule has 6 nitrogen and oxygen atoms in total. The number of hydrogen-bond acceptors (Lipinski definition) is 5. The molecule has 3 heterocycles. The Bertz CT molecular complexity index is 915. The van der Waals surface area contributed by atoms with Crippen LogP contribution in [0.1, 0.15) is 36.3 Å². The van der Waals surface area contributed by atoms with Crippen LogP contribution >= 0.6 is 22.6 Å². The predicted molar refractivity (Wildman–Crippen MR) is 136 cm³/mol. The van der Waals surface area contributed by atoms with Gasteiger partial charge in [0.2, 0.25) is 0 Å². The number of likely N-dealkylation sites (tertiary alicyclic amines) is 1. The van der Waals surface area contributed by atoms with Gasteiger partial charge in [0, 0.05) is 40.5 Å². The summed E-state index contributed by atoms with van der Waals surface area (Å²) in [7, 11) is 0.279. The van der Waals surface area contributed by atoms with Crippen LogP contribution in [-0.2, 0) is 22.7 Å². The van der Waals surface area contributed by atoms with Gasteiger partial charge in [-0.15, -0.1) is 0 Å². The number of ether oxygens (including phenoxy) is 2. The summed E-state index contributed by atoms with van der Waals surface area (Å²) in [4.78, 5) is 19.5. The second-order valence-corrected chi connectivity index (χ2v) is 17.1. The Morgan fingerprint density at radius 2 is 1.94 bits per heavy atom. The number of esters is 1. The molecule has 1 saturated heterocycles. The van der Waals surface area contributed by atoms with Crippen LogP contribution in [0.15, 0.2) is 12.3 Å². The minimum atomic E-state index is -1.13. The number of aromatic nitrogens is 2. The molecule has 0 N–H and O–H groups in total. The Morgan fingerprint density at radius 1 is 1.26 bits per heavy atom. The fourth-order valence-electron chi connectivity index (χ4n) is 4.48. The van der Waals surface area contributed by atoms with Gasteiger partial charge in [0.25, 0.3) is 0 Å². The van der Waals surface area contributed by atoms with E-state index in [2.05, 4.69) is 76.7 Å². The molecule has 2 aromatic rings. The Morgan fingerprint density at radius 3 is 2.55 bits per heavy atom. The van der Waals surface area contributed by atoms with Gasteiger partial charge in [-0.3, -0.25) is 4.90 Å². The first-order valence-electron chi connectivity index (χ1n) is 11.1. The standard InChI is InChI=1S/C23H36IN3O3Si/c1-16-9-17(2)12-26(11-16)13-18-10-20(23(28)29-3)25-21-19(24)14-27(22(18)21)15-30-7-8-31(4,5)6/h10,14,16-17H,7-9,11-13,15H2,1-6H3/t16-,17+. The van der Waals surface area contributed by atoms with Crippen LogP contribution in [-0.4, -0.2) is 55.3 Å². The van der Waals surface area contributed by atoms with Crippen molar-refractivity contribution in [1.29, 1.82) is 0 Å². The Hall–Kier alpha value is -0.973. The second kappa shape index (κ2) is 10.3. The lowest BCUT2D eigenvalue weighted by molar-refractivity contribution is 0.0594. The predicted octanol–water partition coefficient (Wildman–Crippen LogP) is 5.22. The van der Waals surface area contributed by atoms with E-state index in [0.29, 0.717) is 24.3 Å². The van der Waals surface area contributed by atoms with Gasteiger partial charge in [0.1, 0.15) is 17.9 Å². The van der Waals surface area contributed by atoms with Crippen LogP contribution < -0.4 is 0 Å². The Balaban J connectivity index is 1.93. The number of nitrogens with zero attached hydrogens (tertiary/aromatic N) is 3. The zero-order valence-electron chi connectivity index (χ0n) is 19.7. The molecule has 0 radical (unpaired) electrons. The highest BCUT2D eigenvalue weighted by Gasteiger charge is 2.25. The maximum absolute atomic E-state index is 12.3. The molecule has 0 bridgehead atoms. The Kier molecular flexibility index (Phi) is 8.20. The third kappa shape index (κ3) is 6.52. The van der Waals surface area contributed by atoms with Crippen molar-refractivity contribution in [3.05, 3.63) is 27.1 Å². The molecular weight excluding hydrogens is 521 g/mol. The van der Waals surface area contributed by atoms with Crippen molar-refractivity contribution in [2.24, 2.45) is 11.8 Å². The molecule has 8 heteroatoms. The molecule has 172 valence electrons. The van der Waals surface area contributed by atoms with Gasteiger partial charge in [-0.2, -0.15) is 0 Å². The van der Waals surface area contributed by atoms with Gasteiger partial charge in [-0.05, 0) is 58.5 Å². The summed E-state index contributed by atoms with van der Waals surface area (Å²) in [6.45, 7) is 16.0. The maximum atomic E-state index is 12.3. The van der Waals surface area contributed by atoms with E-state index < -0.39 is 14.0 Å². The smallest absolute Gasteiger partial charge is 0.356 e. The highest BCUT2D eigenvalue weighted by Crippen LogP contribution is 2.29. The van der Waals surface area contributed by atoms with Gasteiger partial charge in [0.05, 0.1) is 16.2 Å². The fraction of sp³-hybridized carbons (Fsp3) is 0.652. The van der Waals surface area contributed by atoms with E-state index in [1.165, 1.54) is 13.5 Å². The van der Waals surface area contributed by atoms with Gasteiger partial charge in [0.15, 0.2) is 0 Å². The van der Waals surface area contributed by atoms with Crippen LogP contribution in [0.5, 0.6) is 0 Å². The summed E-state index contributed by atoms with van der Waals surface area (Å²) < 4.78 is 14.2. The fourth-order valence-corrected chi connectivity index (χ4v) is 5.94. The minimum Gasteiger partial charge on any atom is -0.464 e. The molecule has 2 aromatic heterocycles. The van der Waals surface area contributed by atoms with E-state index in [-0.39, 0.29) is 0 Å². The molecule has 0 amide bonds. The zero-order chi connectivity index (χ0) is 22.8. The van der Waals surface area contributed by atoms with E-state index in [9.17, 15) is 4.79 Å². The first-order chi connectivity index (χ1) is 14.6. The molecule has 0 unspecified atom stereocenters. The average molecular weight is 558 g/mol. The first-order valence-corrected chi connectivity index (χ1v) is 15.9. The number of carbonyl (C=O) groups excluding carboxylic acids is 1. The highest BCUT2D eigenvalue weighted by atomic mass is 127. The van der Waals surface area contributed by atoms with Gasteiger partial charge in [-0.25, -0.2) is 9.78 Å². The number of fused-ring (bicyclic) bond motifs is 1. The number of piperidine rings is 1. The molecular formula is C23H36IN3O3Si. The van der Waals surface area contributed by atoms with Gasteiger partial charge >= 0.3 is 5.97 Å². The Labute approximate surface area is 200 Å². The quantitative estimate of drug-likeness (QED) is 0.193. The molecule has 0 aromatic carbocycles. The highest BCUT2D eigenvalue weighted by molar-refractivity contribution is 14.1. The molecule has 0 spiro atoms. The van der Waals surface area contributed by atoms with Crippen molar-refractivity contribution >= 4 is 47.7 Å². The maximum Gasteiger partial charge on any atom is 0.356 e. The molecule has 1 fully saturated rings. The van der Waals surface area contributed by atoms with E-state index >= 15 is 0 Å². The summed E-state index contributed by atoms with van der Waals surface area (Å²) in [5, 5.41) is 0. The van der Waals surface area contributed by atoms with Crippen molar-refractivity contribution in [3.63, 3.8) is 0 Å². The topological polar surface area (TPSA) is 56.6 Å². The van der Waals surface area contributed by atoms with Crippen LogP contribution in [0.3, 0.4) is 0 Å². The van der Waals surface area contributed by atoms with Crippen LogP contribution in [0.4, 0.5) is 0 Å². The first kappa shape index (κ1) is 24.7. The minimum absolute atomic E-state index is 0.374. The van der Waals surface area contributed by atoms with E-state index in [4.69, 9.17) is 9.47 Å². The van der Waals surface area contributed by atoms with Crippen molar-refractivity contribution in [1.82, 2.24) is 14.5 Å². The third-order valence-corrected chi connectivity index (χ3v) is 8.31. The normalized spacial score (nSPS) is 20.4. The molecule has 1 aliphatic heterocycles. The van der Waals surface area contributed by atoms with Crippen LogP contribution in [0.25, 0.3) is 11.0 Å². The summed E-state index contributed by atoms with van der Waals surface area (Å²) in [5.74, 6) is 0.967. The SMILES string of the molecule is COC(=O)c1cc(CN2C[C@H](C)C[C@H](C)C2)c2c(n1)c(I)cn2COCC[Si](C)(C)C. The summed E-state index contributed by atoms with van der Waals surface area (Å²) in [5.41, 5.74) is 3.41. The monoisotopic (exact) mass is 557 g/mol. The van der Waals surface area contributed by atoms with Crippen molar-refractivity contribution < 1.29 is 14.3 Å². The lowest BCUT2D eigenvalue weighted by Crippen LogP contribution is -2.38. The summed E-state index contributed by atoms with van der Waals surface area (Å²) >= 11 is 2.30. The lowest BCUT2D eigenvalue weighted by atomic mass is 9.91. The van der Waals surface area contributed by atoms with E-state index in [1.807, 2.05) is 6.07 Å². The average Bonchev–Trinajstić information content (AvgIpc) is 2.99. The van der Waals surface area contributed by atoms with Gasteiger partial charge < -0.3 is 14.0 Å². The number of rotatable bonds is 8. The summed E-state index contributed by atoms with van der Waals surface area (Å²) in [6, 6.07) is 3.05. The number of halogens is 1. The number of carbonyl (C=O) groups is 1. The molecule has 1 aliphatic rings. The number of pyridine rings is 1. The third-order valence-electron chi connectivity index (χ3n) is 5.81. The van der Waals surface area contributed by atoms with Crippen LogP contribution in [0, 0.1) is 15.4 Å². The molecule has 31 heavy (non-hydrogen) atoms. The largest absolute Gasteiger partial charge is 0.464 e. The van der Waals surface area contributed by atoms with Gasteiger partial charge in [-0.1, -0.05) is 33.5 Å². The molecule has 2 atom stereocenters. The van der Waals surface area contributed by atoms with E-state index in [1.54, 1.807) is 0 Å². The zero-order valence-corrected chi connectivity index (χ0v) is 22.9. The molecule has 3 rings (SSSR count). The molecule has 0 aliphatic carbocycles.